The maximum absolute atomic E-state index is 14.6. The molecular formula is C19H25FN4. The van der Waals surface area contributed by atoms with Gasteiger partial charge in [0.25, 0.3) is 0 Å². The lowest BCUT2D eigenvalue weighted by Crippen LogP contribution is -2.44. The third-order valence-electron chi connectivity index (χ3n) is 4.65. The molecule has 0 amide bonds. The van der Waals surface area contributed by atoms with Gasteiger partial charge in [0.05, 0.1) is 5.69 Å². The average molecular weight is 328 g/mol. The summed E-state index contributed by atoms with van der Waals surface area (Å²) in [6.07, 6.45) is 3.61. The molecule has 1 atom stereocenters. The van der Waals surface area contributed by atoms with Gasteiger partial charge in [-0.3, -0.25) is 4.98 Å². The molecule has 5 heteroatoms. The van der Waals surface area contributed by atoms with Crippen LogP contribution in [0.25, 0.3) is 0 Å². The number of halogens is 1. The van der Waals surface area contributed by atoms with Crippen LogP contribution in [0, 0.1) is 5.82 Å². The van der Waals surface area contributed by atoms with Crippen molar-refractivity contribution in [1.82, 2.24) is 15.2 Å². The number of nitrogens with zero attached hydrogens (tertiary/aromatic N) is 3. The molecule has 128 valence electrons. The zero-order chi connectivity index (χ0) is 16.9. The highest BCUT2D eigenvalue weighted by Crippen LogP contribution is 2.24. The number of anilines is 1. The normalized spacial score (nSPS) is 17.0. The molecular weight excluding hydrogens is 303 g/mol. The molecule has 1 N–H and O–H groups in total. The summed E-state index contributed by atoms with van der Waals surface area (Å²) in [6.45, 7) is 6.48. The minimum atomic E-state index is -0.132. The van der Waals surface area contributed by atoms with E-state index in [0.29, 0.717) is 5.69 Å². The summed E-state index contributed by atoms with van der Waals surface area (Å²) >= 11 is 0. The van der Waals surface area contributed by atoms with Crippen LogP contribution in [0.1, 0.15) is 24.1 Å². The maximum atomic E-state index is 14.6. The molecule has 0 radical (unpaired) electrons. The highest BCUT2D eigenvalue weighted by Gasteiger charge is 2.18. The van der Waals surface area contributed by atoms with E-state index in [-0.39, 0.29) is 11.9 Å². The summed E-state index contributed by atoms with van der Waals surface area (Å²) in [6, 6.07) is 9.64. The van der Waals surface area contributed by atoms with E-state index in [0.717, 1.165) is 43.9 Å². The average Bonchev–Trinajstić information content (AvgIpc) is 2.61. The molecule has 24 heavy (non-hydrogen) atoms. The molecule has 1 aromatic carbocycles. The second kappa shape index (κ2) is 7.73. The lowest BCUT2D eigenvalue weighted by Gasteiger charge is -2.34. The maximum Gasteiger partial charge on any atom is 0.146 e. The van der Waals surface area contributed by atoms with Crippen molar-refractivity contribution in [3.8, 4) is 0 Å². The Morgan fingerprint density at radius 1 is 1.21 bits per heavy atom. The Balaban J connectivity index is 1.63. The van der Waals surface area contributed by atoms with Crippen molar-refractivity contribution in [1.29, 1.82) is 0 Å². The van der Waals surface area contributed by atoms with Crippen LogP contribution in [0.5, 0.6) is 0 Å². The predicted molar refractivity (Wildman–Crippen MR) is 95.6 cm³/mol. The predicted octanol–water partition coefficient (Wildman–Crippen LogP) is 2.82. The van der Waals surface area contributed by atoms with Gasteiger partial charge in [0.15, 0.2) is 0 Å². The molecule has 0 bridgehead atoms. The molecule has 1 fully saturated rings. The van der Waals surface area contributed by atoms with Gasteiger partial charge in [0.1, 0.15) is 5.82 Å². The van der Waals surface area contributed by atoms with Crippen LogP contribution in [0.15, 0.2) is 42.7 Å². The summed E-state index contributed by atoms with van der Waals surface area (Å²) < 4.78 is 14.6. The first-order chi connectivity index (χ1) is 11.6. The highest BCUT2D eigenvalue weighted by molar-refractivity contribution is 5.50. The first kappa shape index (κ1) is 16.9. The molecule has 1 aromatic heterocycles. The molecule has 1 aliphatic rings. The first-order valence-electron chi connectivity index (χ1n) is 8.48. The quantitative estimate of drug-likeness (QED) is 0.914. The molecule has 1 aliphatic heterocycles. The SMILES string of the molecule is C[C@H](NCc1cccnc1)c1ccc(N2CCN(C)CC2)c(F)c1. The van der Waals surface area contributed by atoms with E-state index < -0.39 is 0 Å². The Hall–Kier alpha value is -1.98. The van der Waals surface area contributed by atoms with Crippen LogP contribution in [-0.2, 0) is 6.54 Å². The molecule has 2 aromatic rings. The number of hydrogen-bond acceptors (Lipinski definition) is 4. The summed E-state index contributed by atoms with van der Waals surface area (Å²) in [7, 11) is 2.10. The zero-order valence-electron chi connectivity index (χ0n) is 14.4. The van der Waals surface area contributed by atoms with Gasteiger partial charge in [0, 0.05) is 51.2 Å². The molecule has 2 heterocycles. The lowest BCUT2D eigenvalue weighted by atomic mass is 10.1. The molecule has 0 spiro atoms. The minimum Gasteiger partial charge on any atom is -0.367 e. The Kier molecular flexibility index (Phi) is 5.43. The molecule has 1 saturated heterocycles. The number of pyridine rings is 1. The lowest BCUT2D eigenvalue weighted by molar-refractivity contribution is 0.311. The topological polar surface area (TPSA) is 31.4 Å². The Morgan fingerprint density at radius 2 is 2.00 bits per heavy atom. The van der Waals surface area contributed by atoms with Crippen LogP contribution < -0.4 is 10.2 Å². The van der Waals surface area contributed by atoms with Crippen molar-refractivity contribution < 1.29 is 4.39 Å². The number of benzene rings is 1. The third-order valence-corrected chi connectivity index (χ3v) is 4.65. The second-order valence-electron chi connectivity index (χ2n) is 6.47. The van der Waals surface area contributed by atoms with E-state index >= 15 is 0 Å². The van der Waals surface area contributed by atoms with Crippen LogP contribution in [-0.4, -0.2) is 43.1 Å². The van der Waals surface area contributed by atoms with Gasteiger partial charge in [-0.25, -0.2) is 4.39 Å². The fraction of sp³-hybridized carbons (Fsp3) is 0.421. The van der Waals surface area contributed by atoms with Crippen LogP contribution in [0.4, 0.5) is 10.1 Å². The van der Waals surface area contributed by atoms with Gasteiger partial charge >= 0.3 is 0 Å². The Morgan fingerprint density at radius 3 is 2.67 bits per heavy atom. The fourth-order valence-electron chi connectivity index (χ4n) is 2.99. The van der Waals surface area contributed by atoms with Crippen molar-refractivity contribution >= 4 is 5.69 Å². The van der Waals surface area contributed by atoms with Crippen molar-refractivity contribution in [2.45, 2.75) is 19.5 Å². The highest BCUT2D eigenvalue weighted by atomic mass is 19.1. The Bertz CT molecular complexity index is 654. The smallest absolute Gasteiger partial charge is 0.146 e. The molecule has 4 nitrogen and oxygen atoms in total. The molecule has 0 aliphatic carbocycles. The first-order valence-corrected chi connectivity index (χ1v) is 8.48. The van der Waals surface area contributed by atoms with E-state index in [2.05, 4.69) is 34.1 Å². The van der Waals surface area contributed by atoms with Crippen LogP contribution >= 0.6 is 0 Å². The van der Waals surface area contributed by atoms with Gasteiger partial charge in [-0.15, -0.1) is 0 Å². The Labute approximate surface area is 143 Å². The molecule has 0 unspecified atom stereocenters. The minimum absolute atomic E-state index is 0.0845. The van der Waals surface area contributed by atoms with Gasteiger partial charge in [0.2, 0.25) is 0 Å². The largest absolute Gasteiger partial charge is 0.367 e. The van der Waals surface area contributed by atoms with Crippen molar-refractivity contribution in [3.63, 3.8) is 0 Å². The van der Waals surface area contributed by atoms with E-state index in [1.54, 1.807) is 12.3 Å². The second-order valence-corrected chi connectivity index (χ2v) is 6.47. The van der Waals surface area contributed by atoms with Crippen molar-refractivity contribution in [3.05, 3.63) is 59.7 Å². The van der Waals surface area contributed by atoms with Crippen molar-refractivity contribution in [2.24, 2.45) is 0 Å². The number of nitrogens with one attached hydrogen (secondary N) is 1. The summed E-state index contributed by atoms with van der Waals surface area (Å²) in [5.41, 5.74) is 2.81. The molecule has 0 saturated carbocycles. The standard InChI is InChI=1S/C19H25FN4/c1-15(22-14-16-4-3-7-21-13-16)17-5-6-19(18(20)12-17)24-10-8-23(2)9-11-24/h3-7,12-13,15,22H,8-11,14H2,1-2H3/t15-/m0/s1. The number of aromatic nitrogens is 1. The van der Waals surface area contributed by atoms with Crippen LogP contribution in [0.2, 0.25) is 0 Å². The summed E-state index contributed by atoms with van der Waals surface area (Å²) in [4.78, 5) is 8.51. The van der Waals surface area contributed by atoms with E-state index in [1.807, 2.05) is 30.5 Å². The number of hydrogen-bond donors (Lipinski definition) is 1. The summed E-state index contributed by atoms with van der Waals surface area (Å²) in [5, 5.41) is 3.42. The van der Waals surface area contributed by atoms with Crippen molar-refractivity contribution in [2.75, 3.05) is 38.1 Å². The van der Waals surface area contributed by atoms with Crippen LogP contribution in [0.3, 0.4) is 0 Å². The zero-order valence-corrected chi connectivity index (χ0v) is 14.4. The molecule has 3 rings (SSSR count). The van der Waals surface area contributed by atoms with E-state index in [9.17, 15) is 4.39 Å². The van der Waals surface area contributed by atoms with E-state index in [4.69, 9.17) is 0 Å². The van der Waals surface area contributed by atoms with Gasteiger partial charge < -0.3 is 15.1 Å². The number of likely N-dealkylation sites (N-methyl/N-ethyl adjacent to an activating group) is 1. The fourth-order valence-corrected chi connectivity index (χ4v) is 2.99. The van der Waals surface area contributed by atoms with Gasteiger partial charge in [-0.05, 0) is 43.3 Å². The van der Waals surface area contributed by atoms with Gasteiger partial charge in [-0.2, -0.15) is 0 Å². The monoisotopic (exact) mass is 328 g/mol. The summed E-state index contributed by atoms with van der Waals surface area (Å²) in [5.74, 6) is -0.132. The third kappa shape index (κ3) is 4.10. The number of rotatable bonds is 5. The number of piperazine rings is 1. The van der Waals surface area contributed by atoms with E-state index in [1.165, 1.54) is 0 Å². The van der Waals surface area contributed by atoms with Gasteiger partial charge in [-0.1, -0.05) is 12.1 Å².